The van der Waals surface area contributed by atoms with Crippen LogP contribution in [0, 0.1) is 0 Å². The Kier molecular flexibility index (Phi) is 4.15. The van der Waals surface area contributed by atoms with E-state index in [4.69, 9.17) is 5.11 Å². The minimum atomic E-state index is -0.854. The van der Waals surface area contributed by atoms with Gasteiger partial charge in [-0.15, -0.1) is 0 Å². The van der Waals surface area contributed by atoms with Gasteiger partial charge < -0.3 is 10.2 Å². The number of aryl methyl sites for hydroxylation is 2. The molecule has 2 N–H and O–H groups in total. The van der Waals surface area contributed by atoms with Crippen molar-refractivity contribution in [2.75, 3.05) is 0 Å². The molecule has 1 aromatic rings. The minimum Gasteiger partial charge on any atom is -0.507 e. The van der Waals surface area contributed by atoms with Gasteiger partial charge in [0, 0.05) is 10.9 Å². The van der Waals surface area contributed by atoms with E-state index in [0.717, 1.165) is 16.5 Å². The van der Waals surface area contributed by atoms with Gasteiger partial charge in [0.15, 0.2) is 0 Å². The van der Waals surface area contributed by atoms with Crippen LogP contribution < -0.4 is 0 Å². The second-order valence-corrected chi connectivity index (χ2v) is 4.24. The molecule has 0 fully saturated rings. The highest BCUT2D eigenvalue weighted by atomic mass is 79.9. The van der Waals surface area contributed by atoms with Crippen LogP contribution in [0.25, 0.3) is 0 Å². The van der Waals surface area contributed by atoms with E-state index in [9.17, 15) is 9.90 Å². The Bertz CT molecular complexity index is 374. The van der Waals surface area contributed by atoms with E-state index in [1.807, 2.05) is 13.0 Å². The lowest BCUT2D eigenvalue weighted by molar-refractivity contribution is -0.136. The zero-order valence-electron chi connectivity index (χ0n) is 8.46. The lowest BCUT2D eigenvalue weighted by Gasteiger charge is -2.08. The van der Waals surface area contributed by atoms with Gasteiger partial charge in [0.05, 0.1) is 0 Å². The summed E-state index contributed by atoms with van der Waals surface area (Å²) >= 11 is 3.34. The van der Waals surface area contributed by atoms with Crippen molar-refractivity contribution in [2.45, 2.75) is 26.2 Å². The molecule has 4 heteroatoms. The van der Waals surface area contributed by atoms with Gasteiger partial charge in [-0.25, -0.2) is 0 Å². The van der Waals surface area contributed by atoms with Crippen molar-refractivity contribution >= 4 is 21.9 Å². The molecule has 0 bridgehead atoms. The predicted molar refractivity (Wildman–Crippen MR) is 61.1 cm³/mol. The molecule has 3 nitrogen and oxygen atoms in total. The molecular weight excluding hydrogens is 260 g/mol. The maximum absolute atomic E-state index is 10.4. The van der Waals surface area contributed by atoms with Crippen LogP contribution in [0.2, 0.25) is 0 Å². The fourth-order valence-electron chi connectivity index (χ4n) is 1.42. The van der Waals surface area contributed by atoms with Crippen LogP contribution in [-0.4, -0.2) is 16.2 Å². The molecule has 82 valence electrons. The lowest BCUT2D eigenvalue weighted by Crippen LogP contribution is -1.99. The van der Waals surface area contributed by atoms with E-state index in [-0.39, 0.29) is 12.2 Å². The highest BCUT2D eigenvalue weighted by Gasteiger charge is 2.09. The van der Waals surface area contributed by atoms with Gasteiger partial charge in [-0.05, 0) is 36.1 Å². The molecule has 0 unspecified atom stereocenters. The normalized spacial score (nSPS) is 10.3. The average Bonchev–Trinajstić information content (AvgIpc) is 2.18. The molecule has 1 rings (SSSR count). The fraction of sp³-hybridized carbons (Fsp3) is 0.364. The third kappa shape index (κ3) is 3.23. The molecule has 0 aliphatic heterocycles. The Labute approximate surface area is 96.9 Å². The largest absolute Gasteiger partial charge is 0.507 e. The number of carbonyl (C=O) groups is 1. The third-order valence-electron chi connectivity index (χ3n) is 2.22. The molecule has 0 aliphatic rings. The number of hydrogen-bond donors (Lipinski definition) is 2. The third-order valence-corrected chi connectivity index (χ3v) is 2.68. The molecular formula is C11H13BrO3. The Morgan fingerprint density at radius 3 is 2.53 bits per heavy atom. The zero-order valence-corrected chi connectivity index (χ0v) is 10.0. The van der Waals surface area contributed by atoms with Crippen molar-refractivity contribution in [2.24, 2.45) is 0 Å². The molecule has 0 radical (unpaired) electrons. The second kappa shape index (κ2) is 5.16. The molecule has 0 aliphatic carbocycles. The summed E-state index contributed by atoms with van der Waals surface area (Å²) in [7, 11) is 0. The van der Waals surface area contributed by atoms with E-state index in [1.54, 1.807) is 6.07 Å². The summed E-state index contributed by atoms with van der Waals surface area (Å²) in [6, 6.07) is 3.61. The fourth-order valence-corrected chi connectivity index (χ4v) is 1.97. The van der Waals surface area contributed by atoms with Gasteiger partial charge in [-0.1, -0.05) is 22.9 Å². The van der Waals surface area contributed by atoms with Crippen LogP contribution in [0.15, 0.2) is 16.6 Å². The second-order valence-electron chi connectivity index (χ2n) is 3.32. The van der Waals surface area contributed by atoms with Crippen LogP contribution in [-0.2, 0) is 17.6 Å². The van der Waals surface area contributed by atoms with E-state index in [0.29, 0.717) is 12.0 Å². The number of aliphatic carboxylic acids is 1. The first-order chi connectivity index (χ1) is 7.04. The molecule has 0 saturated heterocycles. The highest BCUT2D eigenvalue weighted by molar-refractivity contribution is 9.10. The molecule has 0 spiro atoms. The van der Waals surface area contributed by atoms with Crippen LogP contribution in [0.1, 0.15) is 24.5 Å². The highest BCUT2D eigenvalue weighted by Crippen LogP contribution is 2.28. The summed E-state index contributed by atoms with van der Waals surface area (Å²) in [5.41, 5.74) is 1.52. The first-order valence-electron chi connectivity index (χ1n) is 4.76. The van der Waals surface area contributed by atoms with E-state index < -0.39 is 5.97 Å². The number of rotatable bonds is 4. The van der Waals surface area contributed by atoms with Crippen molar-refractivity contribution in [1.29, 1.82) is 0 Å². The Balaban J connectivity index is 2.95. The molecule has 0 heterocycles. The number of halogens is 1. The smallest absolute Gasteiger partial charge is 0.303 e. The summed E-state index contributed by atoms with van der Waals surface area (Å²) in [6.45, 7) is 1.95. The van der Waals surface area contributed by atoms with Crippen LogP contribution in [0.5, 0.6) is 5.75 Å². The number of phenolic OH excluding ortho intramolecular Hbond substituents is 1. The minimum absolute atomic E-state index is 0.0349. The number of carboxylic acids is 1. The van der Waals surface area contributed by atoms with E-state index >= 15 is 0 Å². The van der Waals surface area contributed by atoms with Gasteiger partial charge in [0.2, 0.25) is 0 Å². The number of aromatic hydroxyl groups is 1. The van der Waals surface area contributed by atoms with Gasteiger partial charge >= 0.3 is 5.97 Å². The molecule has 0 aromatic heterocycles. The average molecular weight is 273 g/mol. The standard InChI is InChI=1S/C11H13BrO3/c1-2-7-5-9(12)6-8(11(7)15)3-4-10(13)14/h5-6,15H,2-4H2,1H3,(H,13,14). The van der Waals surface area contributed by atoms with Crippen LogP contribution in [0.3, 0.4) is 0 Å². The van der Waals surface area contributed by atoms with Gasteiger partial charge in [-0.2, -0.15) is 0 Å². The van der Waals surface area contributed by atoms with Crippen molar-refractivity contribution in [1.82, 2.24) is 0 Å². The summed E-state index contributed by atoms with van der Waals surface area (Å²) in [5, 5.41) is 18.4. The van der Waals surface area contributed by atoms with Crippen LogP contribution >= 0.6 is 15.9 Å². The van der Waals surface area contributed by atoms with Crippen LogP contribution in [0.4, 0.5) is 0 Å². The van der Waals surface area contributed by atoms with E-state index in [1.165, 1.54) is 0 Å². The SMILES string of the molecule is CCc1cc(Br)cc(CCC(=O)O)c1O. The maximum atomic E-state index is 10.4. The maximum Gasteiger partial charge on any atom is 0.303 e. The van der Waals surface area contributed by atoms with Crippen molar-refractivity contribution in [3.05, 3.63) is 27.7 Å². The number of phenols is 1. The summed E-state index contributed by atoms with van der Waals surface area (Å²) in [4.78, 5) is 10.4. The molecule has 15 heavy (non-hydrogen) atoms. The Morgan fingerprint density at radius 2 is 2.00 bits per heavy atom. The molecule has 0 atom stereocenters. The first-order valence-corrected chi connectivity index (χ1v) is 5.56. The topological polar surface area (TPSA) is 57.5 Å². The van der Waals surface area contributed by atoms with Crippen molar-refractivity contribution in [3.63, 3.8) is 0 Å². The number of benzene rings is 1. The molecule has 0 saturated carbocycles. The quantitative estimate of drug-likeness (QED) is 0.886. The van der Waals surface area contributed by atoms with E-state index in [2.05, 4.69) is 15.9 Å². The molecule has 1 aromatic carbocycles. The monoisotopic (exact) mass is 272 g/mol. The Morgan fingerprint density at radius 1 is 1.40 bits per heavy atom. The number of hydrogen-bond acceptors (Lipinski definition) is 2. The summed E-state index contributed by atoms with van der Waals surface area (Å²) in [5.74, 6) is -0.630. The van der Waals surface area contributed by atoms with Gasteiger partial charge in [0.1, 0.15) is 5.75 Å². The predicted octanol–water partition coefficient (Wildman–Crippen LogP) is 2.73. The first kappa shape index (κ1) is 12.0. The number of carboxylic acid groups (broad SMARTS) is 1. The van der Waals surface area contributed by atoms with Crippen molar-refractivity contribution < 1.29 is 15.0 Å². The van der Waals surface area contributed by atoms with Crippen molar-refractivity contribution in [3.8, 4) is 5.75 Å². The summed E-state index contributed by atoms with van der Waals surface area (Å²) in [6.07, 6.45) is 1.12. The lowest BCUT2D eigenvalue weighted by atomic mass is 10.0. The zero-order chi connectivity index (χ0) is 11.4. The molecule has 0 amide bonds. The van der Waals surface area contributed by atoms with Gasteiger partial charge in [-0.3, -0.25) is 4.79 Å². The van der Waals surface area contributed by atoms with Gasteiger partial charge in [0.25, 0.3) is 0 Å². The summed E-state index contributed by atoms with van der Waals surface area (Å²) < 4.78 is 0.873. The Hall–Kier alpha value is -1.03.